The highest BCUT2D eigenvalue weighted by Crippen LogP contribution is 2.32. The molecule has 6 nitrogen and oxygen atoms in total. The van der Waals surface area contributed by atoms with Gasteiger partial charge in [0.05, 0.1) is 19.0 Å². The van der Waals surface area contributed by atoms with E-state index in [1.807, 2.05) is 13.0 Å². The second-order valence-corrected chi connectivity index (χ2v) is 4.52. The zero-order valence-electron chi connectivity index (χ0n) is 9.82. The van der Waals surface area contributed by atoms with Crippen LogP contribution in [0.5, 0.6) is 5.75 Å². The maximum absolute atomic E-state index is 11.9. The van der Waals surface area contributed by atoms with Gasteiger partial charge in [0, 0.05) is 4.47 Å². The van der Waals surface area contributed by atoms with Crippen LogP contribution in [0.15, 0.2) is 22.8 Å². The van der Waals surface area contributed by atoms with Crippen LogP contribution in [0.3, 0.4) is 0 Å². The molecule has 1 aromatic carbocycles. The number of hydrogen-bond acceptors (Lipinski definition) is 4. The van der Waals surface area contributed by atoms with Crippen LogP contribution in [0.1, 0.15) is 16.1 Å². The summed E-state index contributed by atoms with van der Waals surface area (Å²) in [4.78, 5) is 11.9. The van der Waals surface area contributed by atoms with Crippen LogP contribution in [0, 0.1) is 6.92 Å². The fraction of sp³-hybridized carbons (Fsp3) is 0.182. The topological polar surface area (TPSA) is 79.9 Å². The molecule has 0 radical (unpaired) electrons. The van der Waals surface area contributed by atoms with E-state index in [9.17, 15) is 4.79 Å². The first kappa shape index (κ1) is 12.6. The Balaban J connectivity index is 2.31. The third-order valence-electron chi connectivity index (χ3n) is 2.37. The number of aromatic nitrogens is 3. The number of amides is 1. The van der Waals surface area contributed by atoms with Gasteiger partial charge < -0.3 is 10.1 Å². The molecule has 0 spiro atoms. The van der Waals surface area contributed by atoms with Gasteiger partial charge in [0.15, 0.2) is 5.69 Å². The van der Waals surface area contributed by atoms with Crippen molar-refractivity contribution >= 4 is 27.5 Å². The molecular formula is C11H11BrN4O2. The number of carbonyl (C=O) groups is 1. The monoisotopic (exact) mass is 310 g/mol. The van der Waals surface area contributed by atoms with Crippen LogP contribution in [0.2, 0.25) is 0 Å². The molecular weight excluding hydrogens is 300 g/mol. The van der Waals surface area contributed by atoms with E-state index in [1.54, 1.807) is 13.2 Å². The van der Waals surface area contributed by atoms with Gasteiger partial charge in [-0.25, -0.2) is 0 Å². The van der Waals surface area contributed by atoms with Crippen molar-refractivity contribution in [3.8, 4) is 5.75 Å². The summed E-state index contributed by atoms with van der Waals surface area (Å²) in [6, 6.07) is 3.67. The van der Waals surface area contributed by atoms with Crippen LogP contribution in [0.25, 0.3) is 0 Å². The van der Waals surface area contributed by atoms with E-state index in [0.29, 0.717) is 11.4 Å². The van der Waals surface area contributed by atoms with Crippen LogP contribution in [-0.4, -0.2) is 28.4 Å². The Labute approximate surface area is 112 Å². The predicted octanol–water partition coefficient (Wildman–Crippen LogP) is 2.14. The Kier molecular flexibility index (Phi) is 3.61. The molecule has 1 amide bonds. The van der Waals surface area contributed by atoms with Crippen molar-refractivity contribution in [2.45, 2.75) is 6.92 Å². The summed E-state index contributed by atoms with van der Waals surface area (Å²) in [5.74, 6) is 0.242. The number of aromatic amines is 1. The molecule has 0 fully saturated rings. The van der Waals surface area contributed by atoms with Crippen molar-refractivity contribution in [2.75, 3.05) is 12.4 Å². The summed E-state index contributed by atoms with van der Waals surface area (Å²) in [7, 11) is 1.55. The number of nitrogens with zero attached hydrogens (tertiary/aromatic N) is 2. The number of H-pyrrole nitrogens is 1. The molecule has 0 bridgehead atoms. The molecule has 1 aromatic heterocycles. The molecule has 0 unspecified atom stereocenters. The lowest BCUT2D eigenvalue weighted by molar-refractivity contribution is 0.102. The summed E-state index contributed by atoms with van der Waals surface area (Å²) >= 11 is 3.37. The molecule has 0 saturated heterocycles. The van der Waals surface area contributed by atoms with Crippen molar-refractivity contribution in [1.82, 2.24) is 15.4 Å². The fourth-order valence-corrected chi connectivity index (χ4v) is 2.07. The van der Waals surface area contributed by atoms with E-state index in [4.69, 9.17) is 4.74 Å². The van der Waals surface area contributed by atoms with E-state index in [0.717, 1.165) is 10.0 Å². The first-order valence-electron chi connectivity index (χ1n) is 5.13. The lowest BCUT2D eigenvalue weighted by atomic mass is 10.2. The Morgan fingerprint density at radius 2 is 2.28 bits per heavy atom. The third kappa shape index (κ3) is 2.51. The lowest BCUT2D eigenvalue weighted by Crippen LogP contribution is -2.14. The molecule has 1 heterocycles. The molecule has 0 aliphatic heterocycles. The summed E-state index contributed by atoms with van der Waals surface area (Å²) in [6.07, 6.45) is 1.36. The van der Waals surface area contributed by atoms with E-state index < -0.39 is 0 Å². The molecule has 2 N–H and O–H groups in total. The molecule has 0 atom stereocenters. The number of ether oxygens (including phenoxy) is 1. The minimum atomic E-state index is -0.340. The van der Waals surface area contributed by atoms with Gasteiger partial charge in [0.25, 0.3) is 5.91 Å². The number of carbonyl (C=O) groups excluding carboxylic acids is 1. The average molecular weight is 311 g/mol. The van der Waals surface area contributed by atoms with Crippen LogP contribution in [-0.2, 0) is 0 Å². The number of nitrogens with one attached hydrogen (secondary N) is 2. The van der Waals surface area contributed by atoms with Crippen LogP contribution >= 0.6 is 15.9 Å². The number of aryl methyl sites for hydroxylation is 1. The number of benzene rings is 1. The van der Waals surface area contributed by atoms with Gasteiger partial charge in [-0.15, -0.1) is 0 Å². The van der Waals surface area contributed by atoms with Crippen LogP contribution < -0.4 is 10.1 Å². The van der Waals surface area contributed by atoms with Crippen molar-refractivity contribution in [1.29, 1.82) is 0 Å². The standard InChI is InChI=1S/C11H11BrN4O2/c1-6-3-7(12)4-9(18-2)10(6)14-11(17)8-5-13-16-15-8/h3-5H,1-2H3,(H,14,17)(H,13,15,16). The number of hydrogen-bond donors (Lipinski definition) is 2. The Morgan fingerprint density at radius 3 is 2.89 bits per heavy atom. The average Bonchev–Trinajstić information content (AvgIpc) is 2.85. The SMILES string of the molecule is COc1cc(Br)cc(C)c1NC(=O)c1cn[nH]n1. The fourth-order valence-electron chi connectivity index (χ4n) is 1.52. The van der Waals surface area contributed by atoms with Gasteiger partial charge in [0.1, 0.15) is 5.75 Å². The maximum Gasteiger partial charge on any atom is 0.277 e. The Bertz CT molecular complexity index is 569. The van der Waals surface area contributed by atoms with E-state index in [-0.39, 0.29) is 11.6 Å². The highest BCUT2D eigenvalue weighted by molar-refractivity contribution is 9.10. The smallest absolute Gasteiger partial charge is 0.277 e. The molecule has 2 aromatic rings. The Morgan fingerprint density at radius 1 is 1.50 bits per heavy atom. The molecule has 7 heteroatoms. The summed E-state index contributed by atoms with van der Waals surface area (Å²) in [5.41, 5.74) is 1.73. The molecule has 18 heavy (non-hydrogen) atoms. The van der Waals surface area contributed by atoms with E-state index in [1.165, 1.54) is 6.20 Å². The maximum atomic E-state index is 11.9. The molecule has 2 rings (SSSR count). The highest BCUT2D eigenvalue weighted by atomic mass is 79.9. The minimum absolute atomic E-state index is 0.222. The van der Waals surface area contributed by atoms with Gasteiger partial charge in [-0.05, 0) is 24.6 Å². The van der Waals surface area contributed by atoms with Gasteiger partial charge in [0.2, 0.25) is 0 Å². The van der Waals surface area contributed by atoms with Gasteiger partial charge in [-0.1, -0.05) is 15.9 Å². The highest BCUT2D eigenvalue weighted by Gasteiger charge is 2.14. The normalized spacial score (nSPS) is 10.2. The first-order valence-corrected chi connectivity index (χ1v) is 5.92. The number of halogens is 1. The second kappa shape index (κ2) is 5.18. The first-order chi connectivity index (χ1) is 8.61. The summed E-state index contributed by atoms with van der Waals surface area (Å²) in [6.45, 7) is 1.88. The van der Waals surface area contributed by atoms with Crippen molar-refractivity contribution in [2.24, 2.45) is 0 Å². The third-order valence-corrected chi connectivity index (χ3v) is 2.83. The zero-order valence-corrected chi connectivity index (χ0v) is 11.4. The molecule has 0 saturated carbocycles. The van der Waals surface area contributed by atoms with Crippen molar-refractivity contribution in [3.63, 3.8) is 0 Å². The molecule has 0 aliphatic rings. The molecule has 94 valence electrons. The van der Waals surface area contributed by atoms with Crippen molar-refractivity contribution in [3.05, 3.63) is 34.1 Å². The second-order valence-electron chi connectivity index (χ2n) is 3.61. The number of rotatable bonds is 3. The van der Waals surface area contributed by atoms with Crippen LogP contribution in [0.4, 0.5) is 5.69 Å². The van der Waals surface area contributed by atoms with E-state index >= 15 is 0 Å². The lowest BCUT2D eigenvalue weighted by Gasteiger charge is -2.12. The van der Waals surface area contributed by atoms with E-state index in [2.05, 4.69) is 36.7 Å². The largest absolute Gasteiger partial charge is 0.495 e. The van der Waals surface area contributed by atoms with Gasteiger partial charge >= 0.3 is 0 Å². The van der Waals surface area contributed by atoms with Crippen molar-refractivity contribution < 1.29 is 9.53 Å². The number of methoxy groups -OCH3 is 1. The number of anilines is 1. The predicted molar refractivity (Wildman–Crippen MR) is 69.8 cm³/mol. The summed E-state index contributed by atoms with van der Waals surface area (Å²) < 4.78 is 6.12. The minimum Gasteiger partial charge on any atom is -0.495 e. The van der Waals surface area contributed by atoms with Gasteiger partial charge in [-0.3, -0.25) is 4.79 Å². The summed E-state index contributed by atoms with van der Waals surface area (Å²) in [5, 5.41) is 12.4. The quantitative estimate of drug-likeness (QED) is 0.910. The van der Waals surface area contributed by atoms with Gasteiger partial charge in [-0.2, -0.15) is 15.4 Å². The zero-order chi connectivity index (χ0) is 13.1. The molecule has 0 aliphatic carbocycles. The Hall–Kier alpha value is -1.89.